The molecule has 0 atom stereocenters. The Morgan fingerprint density at radius 3 is 2.51 bits per heavy atom. The molecule has 8 nitrogen and oxygen atoms in total. The molecule has 0 fully saturated rings. The third-order valence-corrected chi connectivity index (χ3v) is 6.83. The number of nitrogens with one attached hydrogen (secondary N) is 1. The van der Waals surface area contributed by atoms with Crippen LogP contribution in [0.1, 0.15) is 31.9 Å². The molecule has 0 unspecified atom stereocenters. The second-order valence-corrected chi connectivity index (χ2v) is 11.7. The normalized spacial score (nSPS) is 12.1. The summed E-state index contributed by atoms with van der Waals surface area (Å²) in [6.07, 6.45) is 5.09. The number of hydrogen-bond donors (Lipinski definition) is 1. The summed E-state index contributed by atoms with van der Waals surface area (Å²) in [5.74, 6) is -2.39. The number of anilines is 1. The van der Waals surface area contributed by atoms with Crippen molar-refractivity contribution in [2.75, 3.05) is 11.6 Å². The van der Waals surface area contributed by atoms with E-state index < -0.39 is 39.4 Å². The van der Waals surface area contributed by atoms with Gasteiger partial charge in [-0.15, -0.1) is 0 Å². The molecule has 2 aromatic carbocycles. The number of halogens is 2. The van der Waals surface area contributed by atoms with E-state index in [0.29, 0.717) is 16.6 Å². The summed E-state index contributed by atoms with van der Waals surface area (Å²) < 4.78 is 61.6. The summed E-state index contributed by atoms with van der Waals surface area (Å²) >= 11 is 0. The lowest BCUT2D eigenvalue weighted by molar-refractivity contribution is -0.115. The number of carbonyl (C=O) groups excluding carboxylic acids is 1. The van der Waals surface area contributed by atoms with Gasteiger partial charge in [0.25, 0.3) is 0 Å². The highest BCUT2D eigenvalue weighted by Gasteiger charge is 2.21. The van der Waals surface area contributed by atoms with Crippen molar-refractivity contribution in [3.05, 3.63) is 71.7 Å². The molecule has 0 saturated heterocycles. The van der Waals surface area contributed by atoms with Crippen molar-refractivity contribution in [2.45, 2.75) is 44.6 Å². The molecule has 1 amide bonds. The van der Waals surface area contributed by atoms with Gasteiger partial charge in [0, 0.05) is 41.2 Å². The fourth-order valence-corrected chi connectivity index (χ4v) is 4.32. The molecule has 0 bridgehead atoms. The van der Waals surface area contributed by atoms with E-state index in [4.69, 9.17) is 4.74 Å². The van der Waals surface area contributed by atoms with Crippen LogP contribution in [0.2, 0.25) is 0 Å². The molecule has 2 aromatic heterocycles. The standard InChI is InChI=1S/C26H26F2N4O4S/c1-15-23(36-22-8-9-29-21-7-6-17(10-19(21)22)37(5,34)35)12-20(27)18(25(15)28)11-24(33)31-16-13-30-32(14-16)26(2,3)4/h6-10,12-14H,11H2,1-5H3,(H,31,33). The van der Waals surface area contributed by atoms with Crippen LogP contribution in [0.4, 0.5) is 14.5 Å². The Morgan fingerprint density at radius 1 is 1.14 bits per heavy atom. The highest BCUT2D eigenvalue weighted by Crippen LogP contribution is 2.34. The molecule has 0 aliphatic carbocycles. The molecule has 2 heterocycles. The van der Waals surface area contributed by atoms with Crippen LogP contribution in [0.5, 0.6) is 11.5 Å². The molecular formula is C26H26F2N4O4S. The van der Waals surface area contributed by atoms with Crippen molar-refractivity contribution >= 4 is 32.3 Å². The van der Waals surface area contributed by atoms with Gasteiger partial charge in [-0.3, -0.25) is 14.5 Å². The van der Waals surface area contributed by atoms with Crippen molar-refractivity contribution in [3.8, 4) is 11.5 Å². The predicted octanol–water partition coefficient (Wildman–Crippen LogP) is 5.15. The van der Waals surface area contributed by atoms with Crippen molar-refractivity contribution in [1.82, 2.24) is 14.8 Å². The zero-order valence-electron chi connectivity index (χ0n) is 21.0. The van der Waals surface area contributed by atoms with Gasteiger partial charge in [0.15, 0.2) is 9.84 Å². The number of fused-ring (bicyclic) bond motifs is 1. The van der Waals surface area contributed by atoms with Crippen LogP contribution in [0.25, 0.3) is 10.9 Å². The van der Waals surface area contributed by atoms with Gasteiger partial charge in [0.2, 0.25) is 5.91 Å². The molecule has 0 aliphatic heterocycles. The van der Waals surface area contributed by atoms with Crippen LogP contribution in [0.3, 0.4) is 0 Å². The largest absolute Gasteiger partial charge is 0.456 e. The zero-order chi connectivity index (χ0) is 27.1. The molecule has 4 aromatic rings. The zero-order valence-corrected chi connectivity index (χ0v) is 21.8. The summed E-state index contributed by atoms with van der Waals surface area (Å²) in [4.78, 5) is 16.8. The molecule has 194 valence electrons. The van der Waals surface area contributed by atoms with E-state index in [1.54, 1.807) is 10.9 Å². The highest BCUT2D eigenvalue weighted by molar-refractivity contribution is 7.90. The van der Waals surface area contributed by atoms with Gasteiger partial charge in [0.05, 0.1) is 34.3 Å². The third kappa shape index (κ3) is 5.61. The first-order valence-corrected chi connectivity index (χ1v) is 13.2. The minimum absolute atomic E-state index is 0.00557. The van der Waals surface area contributed by atoms with E-state index in [1.165, 1.54) is 43.6 Å². The molecular weight excluding hydrogens is 502 g/mol. The second-order valence-electron chi connectivity index (χ2n) is 9.71. The monoisotopic (exact) mass is 528 g/mol. The second kappa shape index (κ2) is 9.55. The molecule has 0 aliphatic rings. The van der Waals surface area contributed by atoms with Crippen molar-refractivity contribution in [3.63, 3.8) is 0 Å². The third-order valence-electron chi connectivity index (χ3n) is 5.72. The number of amides is 1. The summed E-state index contributed by atoms with van der Waals surface area (Å²) in [5.41, 5.74) is 0.168. The maximum atomic E-state index is 15.2. The maximum Gasteiger partial charge on any atom is 0.229 e. The summed E-state index contributed by atoms with van der Waals surface area (Å²) in [6, 6.07) is 6.83. The van der Waals surface area contributed by atoms with E-state index in [-0.39, 0.29) is 27.5 Å². The quantitative estimate of drug-likeness (QED) is 0.371. The number of benzene rings is 2. The van der Waals surface area contributed by atoms with Gasteiger partial charge in [-0.2, -0.15) is 5.10 Å². The Hall–Kier alpha value is -3.86. The summed E-state index contributed by atoms with van der Waals surface area (Å²) in [6.45, 7) is 7.25. The van der Waals surface area contributed by atoms with Gasteiger partial charge in [-0.1, -0.05) is 0 Å². The lowest BCUT2D eigenvalue weighted by Crippen LogP contribution is -2.22. The predicted molar refractivity (Wildman–Crippen MR) is 136 cm³/mol. The van der Waals surface area contributed by atoms with Crippen molar-refractivity contribution in [1.29, 1.82) is 0 Å². The van der Waals surface area contributed by atoms with Crippen LogP contribution >= 0.6 is 0 Å². The van der Waals surface area contributed by atoms with E-state index in [2.05, 4.69) is 15.4 Å². The molecule has 11 heteroatoms. The highest BCUT2D eigenvalue weighted by atomic mass is 32.2. The number of rotatable bonds is 6. The number of hydrogen-bond acceptors (Lipinski definition) is 6. The average Bonchev–Trinajstić information content (AvgIpc) is 3.28. The molecule has 0 radical (unpaired) electrons. The smallest absolute Gasteiger partial charge is 0.229 e. The molecule has 0 spiro atoms. The molecule has 37 heavy (non-hydrogen) atoms. The number of aromatic nitrogens is 3. The molecule has 0 saturated carbocycles. The van der Waals surface area contributed by atoms with Crippen LogP contribution < -0.4 is 10.1 Å². The Balaban J connectivity index is 1.60. The maximum absolute atomic E-state index is 15.2. The fourth-order valence-electron chi connectivity index (χ4n) is 3.68. The van der Waals surface area contributed by atoms with Crippen LogP contribution in [-0.4, -0.2) is 35.3 Å². The summed E-state index contributed by atoms with van der Waals surface area (Å²) in [5, 5.41) is 7.16. The Kier molecular flexibility index (Phi) is 6.76. The number of pyridine rings is 1. The Morgan fingerprint density at radius 2 is 1.86 bits per heavy atom. The Labute approximate surface area is 213 Å². The number of ether oxygens (including phenoxy) is 1. The fraction of sp³-hybridized carbons (Fsp3) is 0.269. The minimum atomic E-state index is -3.50. The van der Waals surface area contributed by atoms with Gasteiger partial charge in [0.1, 0.15) is 23.1 Å². The van der Waals surface area contributed by atoms with Gasteiger partial charge in [-0.25, -0.2) is 17.2 Å². The SMILES string of the molecule is Cc1c(Oc2ccnc3ccc(S(C)(=O)=O)cc23)cc(F)c(CC(=O)Nc2cnn(C(C)(C)C)c2)c1F. The first kappa shape index (κ1) is 26.2. The number of sulfone groups is 1. The van der Waals surface area contributed by atoms with Gasteiger partial charge >= 0.3 is 0 Å². The Bertz CT molecular complexity index is 1630. The van der Waals surface area contributed by atoms with Gasteiger partial charge < -0.3 is 10.1 Å². The van der Waals surface area contributed by atoms with E-state index in [0.717, 1.165) is 12.3 Å². The molecule has 1 N–H and O–H groups in total. The average molecular weight is 529 g/mol. The minimum Gasteiger partial charge on any atom is -0.456 e. The topological polar surface area (TPSA) is 103 Å². The van der Waals surface area contributed by atoms with E-state index in [9.17, 15) is 17.6 Å². The number of carbonyl (C=O) groups is 1. The van der Waals surface area contributed by atoms with Crippen molar-refractivity contribution in [2.24, 2.45) is 0 Å². The molecule has 4 rings (SSSR count). The van der Waals surface area contributed by atoms with Crippen molar-refractivity contribution < 1.29 is 26.7 Å². The lowest BCUT2D eigenvalue weighted by atomic mass is 10.1. The van der Waals surface area contributed by atoms with Crippen LogP contribution in [0, 0.1) is 18.6 Å². The lowest BCUT2D eigenvalue weighted by Gasteiger charge is -2.18. The van der Waals surface area contributed by atoms with E-state index >= 15 is 4.39 Å². The number of nitrogens with zero attached hydrogens (tertiary/aromatic N) is 3. The van der Waals surface area contributed by atoms with Gasteiger partial charge in [-0.05, 0) is 52.0 Å². The van der Waals surface area contributed by atoms with Crippen LogP contribution in [0.15, 0.2) is 53.8 Å². The van der Waals surface area contributed by atoms with E-state index in [1.807, 2.05) is 20.8 Å². The van der Waals surface area contributed by atoms with Crippen LogP contribution in [-0.2, 0) is 26.6 Å². The first-order valence-electron chi connectivity index (χ1n) is 11.3. The first-order chi connectivity index (χ1) is 17.2. The summed E-state index contributed by atoms with van der Waals surface area (Å²) in [7, 11) is -3.50.